The summed E-state index contributed by atoms with van der Waals surface area (Å²) in [5.74, 6) is 0.0367. The van der Waals surface area contributed by atoms with Crippen LogP contribution in [0.5, 0.6) is 0 Å². The van der Waals surface area contributed by atoms with Crippen LogP contribution in [0.1, 0.15) is 24.8 Å². The minimum Gasteiger partial charge on any atom is -0.377 e. The molecular weight excluding hydrogens is 266 g/mol. The molecule has 1 fully saturated rings. The van der Waals surface area contributed by atoms with Crippen LogP contribution in [0.15, 0.2) is 24.3 Å². The van der Waals surface area contributed by atoms with E-state index in [0.29, 0.717) is 19.1 Å². The van der Waals surface area contributed by atoms with Crippen LogP contribution >= 0.6 is 0 Å². The van der Waals surface area contributed by atoms with E-state index in [4.69, 9.17) is 10.5 Å². The number of anilines is 1. The molecule has 0 spiro atoms. The second-order valence-electron chi connectivity index (χ2n) is 5.60. The number of likely N-dealkylation sites (N-methyl/N-ethyl adjacent to an activating group) is 1. The second kappa shape index (κ2) is 8.12. The normalized spacial score (nSPS) is 18.1. The van der Waals surface area contributed by atoms with Crippen LogP contribution in [0.4, 0.5) is 5.69 Å². The van der Waals surface area contributed by atoms with Gasteiger partial charge in [0.25, 0.3) is 0 Å². The average Bonchev–Trinajstić information content (AvgIpc) is 2.99. The lowest BCUT2D eigenvalue weighted by atomic mass is 10.2. The Hall–Kier alpha value is -1.43. The molecule has 5 nitrogen and oxygen atoms in total. The highest BCUT2D eigenvalue weighted by Crippen LogP contribution is 2.13. The van der Waals surface area contributed by atoms with Gasteiger partial charge in [-0.15, -0.1) is 0 Å². The number of nitrogens with two attached hydrogens (primary N) is 1. The number of carbonyl (C=O) groups excluding carboxylic acids is 1. The minimum absolute atomic E-state index is 0.0367. The molecule has 1 aromatic carbocycles. The zero-order valence-electron chi connectivity index (χ0n) is 12.7. The Morgan fingerprint density at radius 2 is 2.19 bits per heavy atom. The van der Waals surface area contributed by atoms with Gasteiger partial charge in [0.15, 0.2) is 0 Å². The summed E-state index contributed by atoms with van der Waals surface area (Å²) in [6.45, 7) is 3.03. The topological polar surface area (TPSA) is 67.6 Å². The Morgan fingerprint density at radius 3 is 2.81 bits per heavy atom. The predicted octanol–water partition coefficient (Wildman–Crippen LogP) is 1.58. The Kier molecular flexibility index (Phi) is 6.17. The fourth-order valence-electron chi connectivity index (χ4n) is 2.47. The zero-order chi connectivity index (χ0) is 15.1. The van der Waals surface area contributed by atoms with Crippen LogP contribution < -0.4 is 11.1 Å². The maximum Gasteiger partial charge on any atom is 0.225 e. The molecule has 1 aromatic rings. The summed E-state index contributed by atoms with van der Waals surface area (Å²) in [6, 6.07) is 7.63. The Morgan fingerprint density at radius 1 is 1.43 bits per heavy atom. The van der Waals surface area contributed by atoms with Crippen molar-refractivity contribution in [1.82, 2.24) is 4.90 Å². The highest BCUT2D eigenvalue weighted by atomic mass is 16.5. The van der Waals surface area contributed by atoms with Crippen molar-refractivity contribution >= 4 is 11.6 Å². The Bertz CT molecular complexity index is 441. The molecule has 1 aliphatic rings. The average molecular weight is 291 g/mol. The van der Waals surface area contributed by atoms with Crippen molar-refractivity contribution in [3.8, 4) is 0 Å². The van der Waals surface area contributed by atoms with Crippen LogP contribution in [-0.4, -0.2) is 43.7 Å². The first kappa shape index (κ1) is 15.9. The molecule has 5 heteroatoms. The number of benzene rings is 1. The van der Waals surface area contributed by atoms with E-state index in [1.54, 1.807) is 0 Å². The molecule has 0 aromatic heterocycles. The van der Waals surface area contributed by atoms with Crippen LogP contribution in [0, 0.1) is 0 Å². The standard InChI is InChI=1S/C16H25N3O2/c1-19(12-15-3-2-10-21-15)9-8-16(20)18-14-6-4-13(11-17)5-7-14/h4-7,15H,2-3,8-12,17H2,1H3,(H,18,20). The number of hydrogen-bond acceptors (Lipinski definition) is 4. The van der Waals surface area contributed by atoms with Gasteiger partial charge in [0.05, 0.1) is 6.10 Å². The van der Waals surface area contributed by atoms with E-state index in [9.17, 15) is 4.79 Å². The number of hydrogen-bond donors (Lipinski definition) is 2. The summed E-state index contributed by atoms with van der Waals surface area (Å²) < 4.78 is 5.60. The van der Waals surface area contributed by atoms with E-state index < -0.39 is 0 Å². The Balaban J connectivity index is 1.68. The molecule has 0 aliphatic carbocycles. The fraction of sp³-hybridized carbons (Fsp3) is 0.562. The molecule has 1 amide bonds. The first-order valence-electron chi connectivity index (χ1n) is 7.56. The van der Waals surface area contributed by atoms with E-state index in [-0.39, 0.29) is 5.91 Å². The van der Waals surface area contributed by atoms with Crippen molar-refractivity contribution in [3.63, 3.8) is 0 Å². The first-order chi connectivity index (χ1) is 10.2. The van der Waals surface area contributed by atoms with Crippen molar-refractivity contribution in [1.29, 1.82) is 0 Å². The largest absolute Gasteiger partial charge is 0.377 e. The number of nitrogens with one attached hydrogen (secondary N) is 1. The summed E-state index contributed by atoms with van der Waals surface area (Å²) in [6.07, 6.45) is 3.10. The van der Waals surface area contributed by atoms with E-state index in [1.165, 1.54) is 0 Å². The number of nitrogens with zero attached hydrogens (tertiary/aromatic N) is 1. The lowest BCUT2D eigenvalue weighted by molar-refractivity contribution is -0.116. The molecule has 1 heterocycles. The molecular formula is C16H25N3O2. The summed E-state index contributed by atoms with van der Waals surface area (Å²) in [7, 11) is 2.03. The monoisotopic (exact) mass is 291 g/mol. The zero-order valence-corrected chi connectivity index (χ0v) is 12.7. The highest BCUT2D eigenvalue weighted by Gasteiger charge is 2.17. The number of amides is 1. The second-order valence-corrected chi connectivity index (χ2v) is 5.60. The van der Waals surface area contributed by atoms with Crippen LogP contribution in [0.3, 0.4) is 0 Å². The van der Waals surface area contributed by atoms with Gasteiger partial charge in [0.2, 0.25) is 5.91 Å². The van der Waals surface area contributed by atoms with E-state index in [0.717, 1.165) is 43.8 Å². The number of ether oxygens (including phenoxy) is 1. The predicted molar refractivity (Wildman–Crippen MR) is 84.1 cm³/mol. The van der Waals surface area contributed by atoms with Gasteiger partial charge in [-0.05, 0) is 37.6 Å². The maximum atomic E-state index is 11.9. The lowest BCUT2D eigenvalue weighted by Gasteiger charge is -2.20. The molecule has 0 radical (unpaired) electrons. The molecule has 1 aliphatic heterocycles. The van der Waals surface area contributed by atoms with Gasteiger partial charge in [-0.1, -0.05) is 12.1 Å². The SMILES string of the molecule is CN(CCC(=O)Nc1ccc(CN)cc1)CC1CCCO1. The summed E-state index contributed by atoms with van der Waals surface area (Å²) in [4.78, 5) is 14.1. The van der Waals surface area contributed by atoms with Gasteiger partial charge in [0.1, 0.15) is 0 Å². The summed E-state index contributed by atoms with van der Waals surface area (Å²) in [5.41, 5.74) is 7.42. The molecule has 1 saturated heterocycles. The smallest absolute Gasteiger partial charge is 0.225 e. The molecule has 0 bridgehead atoms. The van der Waals surface area contributed by atoms with E-state index in [2.05, 4.69) is 10.2 Å². The van der Waals surface area contributed by atoms with Crippen molar-refractivity contribution in [3.05, 3.63) is 29.8 Å². The van der Waals surface area contributed by atoms with Gasteiger partial charge in [-0.3, -0.25) is 4.79 Å². The molecule has 2 rings (SSSR count). The highest BCUT2D eigenvalue weighted by molar-refractivity contribution is 5.90. The van der Waals surface area contributed by atoms with Crippen molar-refractivity contribution < 1.29 is 9.53 Å². The number of rotatable bonds is 7. The van der Waals surface area contributed by atoms with Crippen LogP contribution in [0.2, 0.25) is 0 Å². The first-order valence-corrected chi connectivity index (χ1v) is 7.56. The third-order valence-corrected chi connectivity index (χ3v) is 3.73. The maximum absolute atomic E-state index is 11.9. The quantitative estimate of drug-likeness (QED) is 0.800. The van der Waals surface area contributed by atoms with Crippen LogP contribution in [0.25, 0.3) is 0 Å². The van der Waals surface area contributed by atoms with Crippen molar-refractivity contribution in [2.24, 2.45) is 5.73 Å². The third kappa shape index (κ3) is 5.46. The van der Waals surface area contributed by atoms with Gasteiger partial charge in [-0.2, -0.15) is 0 Å². The van der Waals surface area contributed by atoms with Crippen LogP contribution in [-0.2, 0) is 16.1 Å². The van der Waals surface area contributed by atoms with E-state index >= 15 is 0 Å². The van der Waals surface area contributed by atoms with Gasteiger partial charge in [0, 0.05) is 38.3 Å². The van der Waals surface area contributed by atoms with Gasteiger partial charge in [-0.25, -0.2) is 0 Å². The van der Waals surface area contributed by atoms with E-state index in [1.807, 2.05) is 31.3 Å². The summed E-state index contributed by atoms with van der Waals surface area (Å²) in [5, 5.41) is 2.90. The molecule has 3 N–H and O–H groups in total. The minimum atomic E-state index is 0.0367. The van der Waals surface area contributed by atoms with Crippen molar-refractivity contribution in [2.45, 2.75) is 31.9 Å². The molecule has 116 valence electrons. The Labute approximate surface area is 126 Å². The molecule has 0 saturated carbocycles. The van der Waals surface area contributed by atoms with Crippen molar-refractivity contribution in [2.75, 3.05) is 32.1 Å². The van der Waals surface area contributed by atoms with Gasteiger partial charge >= 0.3 is 0 Å². The summed E-state index contributed by atoms with van der Waals surface area (Å²) >= 11 is 0. The third-order valence-electron chi connectivity index (χ3n) is 3.73. The van der Waals surface area contributed by atoms with Gasteiger partial charge < -0.3 is 20.7 Å². The molecule has 1 atom stereocenters. The molecule has 1 unspecified atom stereocenters. The lowest BCUT2D eigenvalue weighted by Crippen LogP contribution is -2.31. The fourth-order valence-corrected chi connectivity index (χ4v) is 2.47. The molecule has 21 heavy (non-hydrogen) atoms. The number of carbonyl (C=O) groups is 1.